The van der Waals surface area contributed by atoms with Crippen molar-refractivity contribution in [3.8, 4) is 57.0 Å². The van der Waals surface area contributed by atoms with Crippen molar-refractivity contribution in [1.29, 1.82) is 0 Å². The van der Waals surface area contributed by atoms with Gasteiger partial charge in [0.25, 0.3) is 0 Å². The Morgan fingerprint density at radius 3 is 1.43 bits per heavy atom. The van der Waals surface area contributed by atoms with Crippen molar-refractivity contribution in [2.45, 2.75) is 91.4 Å². The number of aryl methyl sites for hydroxylation is 2. The number of nitrogens with one attached hydrogen (secondary N) is 2. The fourth-order valence-electron chi connectivity index (χ4n) is 9.10. The van der Waals surface area contributed by atoms with Crippen LogP contribution < -0.4 is 24.8 Å². The number of aromatic nitrogens is 4. The summed E-state index contributed by atoms with van der Waals surface area (Å²) in [7, 11) is 1.55. The Morgan fingerprint density at radius 1 is 0.597 bits per heavy atom. The van der Waals surface area contributed by atoms with E-state index in [0.29, 0.717) is 81.1 Å². The van der Waals surface area contributed by atoms with E-state index < -0.39 is 25.2 Å². The second-order valence-corrected chi connectivity index (χ2v) is 20.7. The maximum absolute atomic E-state index is 12.9. The molecule has 0 bridgehead atoms. The van der Waals surface area contributed by atoms with Crippen LogP contribution in [-0.4, -0.2) is 68.0 Å². The minimum Gasteiger partial charge on any atom is -0.508 e. The predicted molar refractivity (Wildman–Crippen MR) is 283 cm³/mol. The molecule has 8 aromatic rings. The molecule has 2 saturated carbocycles. The Kier molecular flexibility index (Phi) is 15.1. The number of anilines is 2. The monoisotopic (exact) mass is 1060 g/mol. The Labute approximate surface area is 441 Å². The summed E-state index contributed by atoms with van der Waals surface area (Å²) in [5, 5.41) is 15.5. The van der Waals surface area contributed by atoms with Crippen molar-refractivity contribution in [3.63, 3.8) is 0 Å². The second-order valence-electron chi connectivity index (χ2n) is 20.7. The summed E-state index contributed by atoms with van der Waals surface area (Å²) < 4.78 is 97.7. The molecule has 0 atom stereocenters. The molecule has 10 rings (SSSR count). The van der Waals surface area contributed by atoms with Gasteiger partial charge in [-0.05, 0) is 97.9 Å². The van der Waals surface area contributed by atoms with Gasteiger partial charge in [0.2, 0.25) is 0 Å². The van der Waals surface area contributed by atoms with Gasteiger partial charge in [0, 0.05) is 72.5 Å². The van der Waals surface area contributed by atoms with Crippen LogP contribution in [0.1, 0.15) is 97.1 Å². The Balaban J connectivity index is 0.000000188. The van der Waals surface area contributed by atoms with Crippen molar-refractivity contribution in [2.24, 2.45) is 10.8 Å². The van der Waals surface area contributed by atoms with E-state index in [-0.39, 0.29) is 41.2 Å². The van der Waals surface area contributed by atoms with Crippen LogP contribution in [0.2, 0.25) is 0 Å². The topological polar surface area (TPSA) is 141 Å². The molecule has 0 unspecified atom stereocenters. The first-order chi connectivity index (χ1) is 36.5. The van der Waals surface area contributed by atoms with Crippen molar-refractivity contribution >= 4 is 34.2 Å². The number of Topliss-reactive ketones (excluding diaryl/α,β-unsaturated/α-hetero) is 2. The van der Waals surface area contributed by atoms with Gasteiger partial charge in [-0.3, -0.25) is 18.4 Å². The predicted octanol–water partition coefficient (Wildman–Crippen LogP) is 15.4. The maximum atomic E-state index is 12.9. The van der Waals surface area contributed by atoms with Gasteiger partial charge in [-0.25, -0.2) is 9.97 Å². The number of ketones is 2. The first kappa shape index (κ1) is 53.8. The molecule has 3 N–H and O–H groups in total. The molecule has 2 fully saturated rings. The highest BCUT2D eigenvalue weighted by atomic mass is 19.4. The number of hydrogen-bond donors (Lipinski definition) is 3. The number of nitrogens with zero attached hydrogens (tertiary/aromatic N) is 4. The molecule has 2 aliphatic carbocycles. The number of phenolic OH excluding ortho intramolecular Hbond substituents is 1. The number of ether oxygens (including phenoxy) is 3. The minimum atomic E-state index is -4.30. The number of phenols is 1. The molecule has 12 nitrogen and oxygen atoms in total. The van der Waals surface area contributed by atoms with Crippen LogP contribution in [-0.2, 0) is 0 Å². The quantitative estimate of drug-likeness (QED) is 0.0529. The van der Waals surface area contributed by atoms with E-state index in [4.69, 9.17) is 14.2 Å². The zero-order valence-corrected chi connectivity index (χ0v) is 43.2. The number of carbonyl (C=O) groups is 2. The van der Waals surface area contributed by atoms with Crippen molar-refractivity contribution < 1.29 is 55.2 Å². The Hall–Kier alpha value is -8.02. The number of rotatable bonds is 19. The lowest BCUT2D eigenvalue weighted by Gasteiger charge is -2.14. The minimum absolute atomic E-state index is 0.0243. The van der Waals surface area contributed by atoms with Crippen LogP contribution >= 0.6 is 0 Å². The van der Waals surface area contributed by atoms with Crippen molar-refractivity contribution in [1.82, 2.24) is 18.8 Å². The van der Waals surface area contributed by atoms with E-state index in [0.717, 1.165) is 53.6 Å². The summed E-state index contributed by atoms with van der Waals surface area (Å²) in [6.07, 6.45) is 1.56. The van der Waals surface area contributed by atoms with Crippen molar-refractivity contribution in [3.05, 3.63) is 144 Å². The zero-order valence-electron chi connectivity index (χ0n) is 43.2. The molecule has 4 aromatic heterocycles. The molecular weight excluding hydrogens is 1000 g/mol. The molecule has 402 valence electrons. The number of methoxy groups -OCH3 is 1. The van der Waals surface area contributed by atoms with Gasteiger partial charge in [-0.2, -0.15) is 26.3 Å². The SMILES string of the molecule is COc1cccc(Oc2cc(NCCC(F)(F)F)c3ncc(-c4ccc(C(=O)CC5(C)CC5)c(C)c4)n3c2)c1.Cc1cc(-c2cnc3c(NCCC(F)(F)F)cc(Oc4cccc(O)c4)cn23)ccc1C(=O)CC1(C)CC1. The van der Waals surface area contributed by atoms with Crippen LogP contribution in [0, 0.1) is 24.7 Å². The van der Waals surface area contributed by atoms with Crippen LogP contribution in [0.4, 0.5) is 37.7 Å². The summed E-state index contributed by atoms with van der Waals surface area (Å²) in [5.74, 6) is 2.55. The summed E-state index contributed by atoms with van der Waals surface area (Å²) in [6.45, 7) is 7.44. The van der Waals surface area contributed by atoms with Crippen LogP contribution in [0.3, 0.4) is 0 Å². The van der Waals surface area contributed by atoms with E-state index in [1.165, 1.54) is 12.1 Å². The molecule has 0 saturated heterocycles. The standard InChI is InChI=1S/C30H30F3N3O3.C29H28F3N3O3/c1-19-13-20(7-8-24(19)27(37)16-29(2)9-10-29)26-17-35-28-25(34-12-11-30(31,32)33)15-23(18-36(26)28)39-22-6-4-5-21(14-22)38-3;1-18-12-19(6-7-23(18)26(37)15-28(2)8-9-28)25-16-34-27-24(33-11-10-29(30,31)32)14-22(17-35(25)27)38-21-5-3-4-20(36)13-21/h4-8,13-15,17-18,34H,9-12,16H2,1-3H3;3-7,12-14,16-17,33,36H,8-11,15H2,1-2H3. The highest BCUT2D eigenvalue weighted by Crippen LogP contribution is 2.50. The first-order valence-corrected chi connectivity index (χ1v) is 25.2. The molecule has 0 aliphatic heterocycles. The number of aromatic hydroxyl groups is 1. The van der Waals surface area contributed by atoms with Gasteiger partial charge in [-0.15, -0.1) is 0 Å². The van der Waals surface area contributed by atoms with Crippen LogP contribution in [0.15, 0.2) is 122 Å². The highest BCUT2D eigenvalue weighted by Gasteiger charge is 2.40. The fourth-order valence-corrected chi connectivity index (χ4v) is 9.10. The Morgan fingerprint density at radius 2 is 1.03 bits per heavy atom. The number of benzene rings is 4. The molecule has 18 heteroatoms. The summed E-state index contributed by atoms with van der Waals surface area (Å²) in [5.41, 5.74) is 8.08. The van der Waals surface area contributed by atoms with Gasteiger partial charge in [-0.1, -0.05) is 50.2 Å². The number of carbonyl (C=O) groups excluding carboxylic acids is 2. The van der Waals surface area contributed by atoms with E-state index in [2.05, 4.69) is 34.4 Å². The van der Waals surface area contributed by atoms with E-state index in [9.17, 15) is 41.0 Å². The number of alkyl halides is 6. The summed E-state index contributed by atoms with van der Waals surface area (Å²) in [4.78, 5) is 34.7. The third-order valence-electron chi connectivity index (χ3n) is 14.0. The van der Waals surface area contributed by atoms with Crippen molar-refractivity contribution in [2.75, 3.05) is 30.8 Å². The number of halogens is 6. The van der Waals surface area contributed by atoms with E-state index in [1.54, 1.807) is 89.2 Å². The molecule has 4 aromatic carbocycles. The molecule has 2 aliphatic rings. The highest BCUT2D eigenvalue weighted by molar-refractivity contribution is 5.99. The summed E-state index contributed by atoms with van der Waals surface area (Å²) >= 11 is 0. The smallest absolute Gasteiger partial charge is 0.390 e. The van der Waals surface area contributed by atoms with Gasteiger partial charge in [0.15, 0.2) is 22.9 Å². The first-order valence-electron chi connectivity index (χ1n) is 25.2. The number of imidazole rings is 2. The number of pyridine rings is 2. The maximum Gasteiger partial charge on any atom is 0.390 e. The lowest BCUT2D eigenvalue weighted by atomic mass is 9.93. The third-order valence-corrected chi connectivity index (χ3v) is 14.0. The average molecular weight is 1060 g/mol. The summed E-state index contributed by atoms with van der Waals surface area (Å²) in [6, 6.07) is 27.8. The van der Waals surface area contributed by atoms with Gasteiger partial charge < -0.3 is 30.0 Å². The normalized spacial score (nSPS) is 14.4. The van der Waals surface area contributed by atoms with E-state index >= 15 is 0 Å². The molecule has 4 heterocycles. The molecule has 0 spiro atoms. The largest absolute Gasteiger partial charge is 0.508 e. The number of hydrogen-bond acceptors (Lipinski definition) is 10. The average Bonchev–Trinajstić information content (AvgIpc) is 4.15. The van der Waals surface area contributed by atoms with Crippen LogP contribution in [0.5, 0.6) is 34.5 Å². The Bertz CT molecular complexity index is 3490. The number of fused-ring (bicyclic) bond motifs is 2. The molecule has 77 heavy (non-hydrogen) atoms. The van der Waals surface area contributed by atoms with E-state index in [1.807, 2.05) is 50.2 Å². The van der Waals surface area contributed by atoms with Crippen LogP contribution in [0.25, 0.3) is 33.8 Å². The lowest BCUT2D eigenvalue weighted by Crippen LogP contribution is -2.15. The lowest BCUT2D eigenvalue weighted by molar-refractivity contribution is -0.132. The molecule has 0 radical (unpaired) electrons. The fraction of sp³-hybridized carbons (Fsp3) is 0.322. The molecule has 0 amide bonds. The second kappa shape index (κ2) is 21.5. The van der Waals surface area contributed by atoms with Gasteiger partial charge in [0.1, 0.15) is 34.5 Å². The third kappa shape index (κ3) is 13.5. The van der Waals surface area contributed by atoms with Gasteiger partial charge in [0.05, 0.1) is 67.5 Å². The molecular formula is C59H58F6N6O6. The zero-order chi connectivity index (χ0) is 54.9. The van der Waals surface area contributed by atoms with Gasteiger partial charge >= 0.3 is 12.4 Å².